The van der Waals surface area contributed by atoms with Gasteiger partial charge in [0, 0.05) is 5.54 Å². The van der Waals surface area contributed by atoms with Crippen LogP contribution in [0.3, 0.4) is 0 Å². The van der Waals surface area contributed by atoms with E-state index >= 15 is 0 Å². The molecule has 1 amide bonds. The molecule has 2 rings (SSSR count). The van der Waals surface area contributed by atoms with E-state index in [0.29, 0.717) is 6.54 Å². The van der Waals surface area contributed by atoms with Crippen LogP contribution in [0.1, 0.15) is 45.3 Å². The second-order valence-electron chi connectivity index (χ2n) is 7.27. The predicted molar refractivity (Wildman–Crippen MR) is 88.5 cm³/mol. The van der Waals surface area contributed by atoms with Crippen LogP contribution in [-0.2, 0) is 4.79 Å². The van der Waals surface area contributed by atoms with Gasteiger partial charge in [0.15, 0.2) is 0 Å². The Morgan fingerprint density at radius 1 is 1.27 bits per heavy atom. The summed E-state index contributed by atoms with van der Waals surface area (Å²) >= 11 is 0. The molecule has 0 aliphatic carbocycles. The van der Waals surface area contributed by atoms with Crippen molar-refractivity contribution in [2.75, 3.05) is 19.6 Å². The summed E-state index contributed by atoms with van der Waals surface area (Å²) < 4.78 is 0. The van der Waals surface area contributed by atoms with Gasteiger partial charge in [-0.1, -0.05) is 30.3 Å². The Hall–Kier alpha value is -1.39. The number of aliphatic hydroxyl groups excluding tert-OH is 1. The Labute approximate surface area is 133 Å². The average molecular weight is 304 g/mol. The molecular formula is C18H28N2O2. The van der Waals surface area contributed by atoms with Crippen LogP contribution in [0.5, 0.6) is 0 Å². The van der Waals surface area contributed by atoms with Gasteiger partial charge in [-0.2, -0.15) is 0 Å². The second kappa shape index (κ2) is 7.25. The van der Waals surface area contributed by atoms with Gasteiger partial charge >= 0.3 is 0 Å². The highest BCUT2D eigenvalue weighted by Gasteiger charge is 2.27. The fraction of sp³-hybridized carbons (Fsp3) is 0.611. The average Bonchev–Trinajstić information content (AvgIpc) is 2.46. The van der Waals surface area contributed by atoms with Crippen LogP contribution in [0.15, 0.2) is 30.3 Å². The molecule has 22 heavy (non-hydrogen) atoms. The number of nitrogens with zero attached hydrogens (tertiary/aromatic N) is 1. The molecule has 122 valence electrons. The number of hydrogen-bond acceptors (Lipinski definition) is 3. The number of nitrogens with one attached hydrogen (secondary N) is 1. The third kappa shape index (κ3) is 5.11. The molecule has 0 radical (unpaired) electrons. The first-order valence-corrected chi connectivity index (χ1v) is 8.11. The molecule has 1 unspecified atom stereocenters. The predicted octanol–water partition coefficient (Wildman–Crippen LogP) is 2.35. The van der Waals surface area contributed by atoms with Crippen molar-refractivity contribution in [3.8, 4) is 0 Å². The Kier molecular flexibility index (Phi) is 5.59. The van der Waals surface area contributed by atoms with Crippen LogP contribution < -0.4 is 5.32 Å². The molecule has 1 heterocycles. The van der Waals surface area contributed by atoms with Gasteiger partial charge in [-0.15, -0.1) is 0 Å². The number of hydrogen-bond donors (Lipinski definition) is 2. The first kappa shape index (κ1) is 17.0. The van der Waals surface area contributed by atoms with Gasteiger partial charge in [0.25, 0.3) is 0 Å². The van der Waals surface area contributed by atoms with Gasteiger partial charge in [-0.25, -0.2) is 0 Å². The monoisotopic (exact) mass is 304 g/mol. The summed E-state index contributed by atoms with van der Waals surface area (Å²) in [4.78, 5) is 14.1. The van der Waals surface area contributed by atoms with Crippen LogP contribution >= 0.6 is 0 Å². The molecule has 1 aromatic rings. The van der Waals surface area contributed by atoms with E-state index in [9.17, 15) is 9.90 Å². The van der Waals surface area contributed by atoms with E-state index in [-0.39, 0.29) is 17.4 Å². The zero-order valence-electron chi connectivity index (χ0n) is 13.9. The number of piperidine rings is 1. The summed E-state index contributed by atoms with van der Waals surface area (Å²) in [6.07, 6.45) is 1.46. The first-order chi connectivity index (χ1) is 10.3. The molecule has 0 spiro atoms. The maximum Gasteiger partial charge on any atom is 0.234 e. The van der Waals surface area contributed by atoms with Crippen LogP contribution in [-0.4, -0.2) is 41.1 Å². The van der Waals surface area contributed by atoms with Crippen molar-refractivity contribution < 1.29 is 9.90 Å². The summed E-state index contributed by atoms with van der Waals surface area (Å²) in [5.74, 6) is 0.360. The van der Waals surface area contributed by atoms with Crippen LogP contribution in [0, 0.1) is 5.92 Å². The van der Waals surface area contributed by atoms with Crippen molar-refractivity contribution in [2.24, 2.45) is 5.92 Å². The Morgan fingerprint density at radius 3 is 2.41 bits per heavy atom. The van der Waals surface area contributed by atoms with E-state index in [1.165, 1.54) is 0 Å². The normalized spacial score (nSPS) is 18.9. The second-order valence-corrected chi connectivity index (χ2v) is 7.27. The van der Waals surface area contributed by atoms with Gasteiger partial charge in [0.05, 0.1) is 12.6 Å². The van der Waals surface area contributed by atoms with E-state index in [2.05, 4.69) is 10.2 Å². The Balaban J connectivity index is 1.79. The van der Waals surface area contributed by atoms with Crippen molar-refractivity contribution in [2.45, 2.75) is 45.3 Å². The van der Waals surface area contributed by atoms with E-state index in [0.717, 1.165) is 31.5 Å². The molecule has 2 N–H and O–H groups in total. The third-order valence-corrected chi connectivity index (χ3v) is 4.10. The number of aliphatic hydroxyl groups is 1. The summed E-state index contributed by atoms with van der Waals surface area (Å²) in [5.41, 5.74) is 0.810. The highest BCUT2D eigenvalue weighted by molar-refractivity contribution is 5.78. The van der Waals surface area contributed by atoms with Gasteiger partial charge < -0.3 is 10.4 Å². The number of rotatable bonds is 4. The lowest BCUT2D eigenvalue weighted by molar-refractivity contribution is -0.124. The number of likely N-dealkylation sites (tertiary alicyclic amines) is 1. The summed E-state index contributed by atoms with van der Waals surface area (Å²) in [7, 11) is 0. The van der Waals surface area contributed by atoms with Crippen LogP contribution in [0.4, 0.5) is 0 Å². The summed E-state index contributed by atoms with van der Waals surface area (Å²) in [5, 5.41) is 13.5. The quantitative estimate of drug-likeness (QED) is 0.898. The summed E-state index contributed by atoms with van der Waals surface area (Å²) in [6.45, 7) is 8.16. The SMILES string of the molecule is CC(C)(C)NC(=O)CN1CCC(C(O)c2ccccc2)CC1. The molecule has 4 heteroatoms. The topological polar surface area (TPSA) is 52.6 Å². The van der Waals surface area contributed by atoms with Crippen molar-refractivity contribution in [1.29, 1.82) is 0 Å². The van der Waals surface area contributed by atoms with Gasteiger partial charge in [0.1, 0.15) is 0 Å². The molecule has 4 nitrogen and oxygen atoms in total. The molecule has 0 bridgehead atoms. The van der Waals surface area contributed by atoms with E-state index in [4.69, 9.17) is 0 Å². The lowest BCUT2D eigenvalue weighted by atomic mass is 9.87. The lowest BCUT2D eigenvalue weighted by Gasteiger charge is -2.34. The first-order valence-electron chi connectivity index (χ1n) is 8.11. The maximum absolute atomic E-state index is 12.0. The van der Waals surface area contributed by atoms with Crippen LogP contribution in [0.2, 0.25) is 0 Å². The molecule has 0 saturated carbocycles. The lowest BCUT2D eigenvalue weighted by Crippen LogP contribution is -2.47. The fourth-order valence-corrected chi connectivity index (χ4v) is 3.01. The van der Waals surface area contributed by atoms with Gasteiger partial charge in [-0.3, -0.25) is 9.69 Å². The van der Waals surface area contributed by atoms with E-state index < -0.39 is 6.10 Å². The highest BCUT2D eigenvalue weighted by Crippen LogP contribution is 2.30. The van der Waals surface area contributed by atoms with Crippen molar-refractivity contribution in [3.05, 3.63) is 35.9 Å². The van der Waals surface area contributed by atoms with Gasteiger partial charge in [-0.05, 0) is 58.2 Å². The molecular weight excluding hydrogens is 276 g/mol. The molecule has 1 fully saturated rings. The molecule has 1 aromatic carbocycles. The molecule has 0 aromatic heterocycles. The van der Waals surface area contributed by atoms with Crippen molar-refractivity contribution >= 4 is 5.91 Å². The Bertz CT molecular complexity index is 474. The molecule has 1 saturated heterocycles. The largest absolute Gasteiger partial charge is 0.388 e. The minimum absolute atomic E-state index is 0.0783. The number of carbonyl (C=O) groups excluding carboxylic acids is 1. The Morgan fingerprint density at radius 2 is 1.86 bits per heavy atom. The molecule has 1 aliphatic rings. The highest BCUT2D eigenvalue weighted by atomic mass is 16.3. The van der Waals surface area contributed by atoms with Crippen molar-refractivity contribution in [1.82, 2.24) is 10.2 Å². The van der Waals surface area contributed by atoms with E-state index in [1.807, 2.05) is 51.1 Å². The van der Waals surface area contributed by atoms with Crippen molar-refractivity contribution in [3.63, 3.8) is 0 Å². The standard InChI is InChI=1S/C18H28N2O2/c1-18(2,3)19-16(21)13-20-11-9-15(10-12-20)17(22)14-7-5-4-6-8-14/h4-8,15,17,22H,9-13H2,1-3H3,(H,19,21). The number of carbonyl (C=O) groups is 1. The van der Waals surface area contributed by atoms with E-state index in [1.54, 1.807) is 0 Å². The molecule has 1 atom stereocenters. The third-order valence-electron chi connectivity index (χ3n) is 4.10. The zero-order chi connectivity index (χ0) is 16.2. The number of amides is 1. The minimum Gasteiger partial charge on any atom is -0.388 e. The van der Waals surface area contributed by atoms with Crippen LogP contribution in [0.25, 0.3) is 0 Å². The molecule has 1 aliphatic heterocycles. The smallest absolute Gasteiger partial charge is 0.234 e. The van der Waals surface area contributed by atoms with Gasteiger partial charge in [0.2, 0.25) is 5.91 Å². The minimum atomic E-state index is -0.397. The summed E-state index contributed by atoms with van der Waals surface area (Å²) in [6, 6.07) is 9.85. The fourth-order valence-electron chi connectivity index (χ4n) is 3.01. The zero-order valence-corrected chi connectivity index (χ0v) is 13.9. The number of benzene rings is 1. The maximum atomic E-state index is 12.0.